The second-order valence-electron chi connectivity index (χ2n) is 5.00. The molecule has 2 rings (SSSR count). The summed E-state index contributed by atoms with van der Waals surface area (Å²) in [6, 6.07) is 0.796. The van der Waals surface area contributed by atoms with E-state index in [-0.39, 0.29) is 0 Å². The van der Waals surface area contributed by atoms with Crippen LogP contribution in [0.5, 0.6) is 0 Å². The highest BCUT2D eigenvalue weighted by Gasteiger charge is 2.56. The first-order valence-electron chi connectivity index (χ1n) is 5.44. The third-order valence-electron chi connectivity index (χ3n) is 4.00. The van der Waals surface area contributed by atoms with Crippen LogP contribution in [0.3, 0.4) is 0 Å². The van der Waals surface area contributed by atoms with Crippen LogP contribution in [0, 0.1) is 11.8 Å². The third-order valence-corrected chi connectivity index (χ3v) is 4.00. The first-order chi connectivity index (χ1) is 5.67. The van der Waals surface area contributed by atoms with Gasteiger partial charge in [0, 0.05) is 11.6 Å². The van der Waals surface area contributed by atoms with Gasteiger partial charge in [-0.1, -0.05) is 26.7 Å². The number of hydrogen-bond acceptors (Lipinski definition) is 1. The first kappa shape index (κ1) is 8.55. The zero-order valence-corrected chi connectivity index (χ0v) is 8.56. The van der Waals surface area contributed by atoms with Crippen molar-refractivity contribution in [2.75, 3.05) is 0 Å². The van der Waals surface area contributed by atoms with Crippen molar-refractivity contribution in [2.24, 2.45) is 11.8 Å². The molecule has 2 aliphatic rings. The Hall–Kier alpha value is -0.0400. The molecule has 70 valence electrons. The molecule has 3 atom stereocenters. The van der Waals surface area contributed by atoms with E-state index in [9.17, 15) is 0 Å². The fourth-order valence-corrected chi connectivity index (χ4v) is 3.23. The zero-order valence-electron chi connectivity index (χ0n) is 8.56. The number of hydrogen-bond donors (Lipinski definition) is 1. The molecule has 0 aromatic carbocycles. The highest BCUT2D eigenvalue weighted by molar-refractivity contribution is 5.17. The second kappa shape index (κ2) is 2.73. The standard InChI is InChI=1S/C11H21N/c1-8(2)10-6-4-5-7-11(10)9(3)12-11/h8-10,12H,4-7H2,1-3H3. The quantitative estimate of drug-likeness (QED) is 0.596. The minimum absolute atomic E-state index is 0.576. The van der Waals surface area contributed by atoms with Crippen LogP contribution in [0.25, 0.3) is 0 Å². The molecule has 2 fully saturated rings. The zero-order chi connectivity index (χ0) is 8.77. The Morgan fingerprint density at radius 1 is 1.33 bits per heavy atom. The van der Waals surface area contributed by atoms with E-state index in [4.69, 9.17) is 0 Å². The van der Waals surface area contributed by atoms with Crippen molar-refractivity contribution in [3.8, 4) is 0 Å². The summed E-state index contributed by atoms with van der Waals surface area (Å²) < 4.78 is 0. The molecular weight excluding hydrogens is 146 g/mol. The fourth-order valence-electron chi connectivity index (χ4n) is 3.23. The molecular formula is C11H21N. The van der Waals surface area contributed by atoms with E-state index in [0.717, 1.165) is 17.9 Å². The average molecular weight is 167 g/mol. The lowest BCUT2D eigenvalue weighted by molar-refractivity contribution is 0.210. The topological polar surface area (TPSA) is 21.9 Å². The molecule has 0 amide bonds. The lowest BCUT2D eigenvalue weighted by atomic mass is 9.71. The van der Waals surface area contributed by atoms with Crippen molar-refractivity contribution in [3.05, 3.63) is 0 Å². The maximum absolute atomic E-state index is 3.68. The van der Waals surface area contributed by atoms with Crippen LogP contribution < -0.4 is 5.32 Å². The normalized spacial score (nSPS) is 47.0. The summed E-state index contributed by atoms with van der Waals surface area (Å²) in [4.78, 5) is 0. The molecule has 1 saturated carbocycles. The molecule has 1 saturated heterocycles. The van der Waals surface area contributed by atoms with Crippen molar-refractivity contribution in [2.45, 2.75) is 58.0 Å². The van der Waals surface area contributed by atoms with Crippen LogP contribution in [-0.4, -0.2) is 11.6 Å². The molecule has 1 aliphatic carbocycles. The summed E-state index contributed by atoms with van der Waals surface area (Å²) in [6.07, 6.45) is 5.78. The molecule has 1 nitrogen and oxygen atoms in total. The Labute approximate surface area is 75.9 Å². The summed E-state index contributed by atoms with van der Waals surface area (Å²) in [6.45, 7) is 7.11. The SMILES string of the molecule is CC(C)C1CCCCC12NC2C. The Morgan fingerprint density at radius 3 is 2.42 bits per heavy atom. The van der Waals surface area contributed by atoms with E-state index in [1.807, 2.05) is 0 Å². The lowest BCUT2D eigenvalue weighted by Gasteiger charge is -2.34. The van der Waals surface area contributed by atoms with E-state index in [0.29, 0.717) is 5.54 Å². The molecule has 1 heteroatoms. The third kappa shape index (κ3) is 1.10. The van der Waals surface area contributed by atoms with Gasteiger partial charge in [-0.3, -0.25) is 0 Å². The van der Waals surface area contributed by atoms with Gasteiger partial charge in [0.1, 0.15) is 0 Å². The molecule has 12 heavy (non-hydrogen) atoms. The largest absolute Gasteiger partial charge is 0.305 e. The van der Waals surface area contributed by atoms with Gasteiger partial charge >= 0.3 is 0 Å². The van der Waals surface area contributed by atoms with Crippen LogP contribution in [0.4, 0.5) is 0 Å². The molecule has 0 radical (unpaired) electrons. The predicted molar refractivity (Wildman–Crippen MR) is 52.1 cm³/mol. The van der Waals surface area contributed by atoms with Gasteiger partial charge in [-0.2, -0.15) is 0 Å². The van der Waals surface area contributed by atoms with Crippen LogP contribution in [0.2, 0.25) is 0 Å². The van der Waals surface area contributed by atoms with Gasteiger partial charge in [-0.25, -0.2) is 0 Å². The van der Waals surface area contributed by atoms with Gasteiger partial charge < -0.3 is 5.32 Å². The van der Waals surface area contributed by atoms with E-state index in [1.165, 1.54) is 25.7 Å². The second-order valence-corrected chi connectivity index (χ2v) is 5.00. The van der Waals surface area contributed by atoms with Crippen LogP contribution in [0.1, 0.15) is 46.5 Å². The van der Waals surface area contributed by atoms with Crippen molar-refractivity contribution in [1.82, 2.24) is 5.32 Å². The van der Waals surface area contributed by atoms with Gasteiger partial charge in [-0.15, -0.1) is 0 Å². The van der Waals surface area contributed by atoms with Crippen molar-refractivity contribution >= 4 is 0 Å². The maximum atomic E-state index is 3.68. The van der Waals surface area contributed by atoms with E-state index >= 15 is 0 Å². The first-order valence-corrected chi connectivity index (χ1v) is 5.44. The fraction of sp³-hybridized carbons (Fsp3) is 1.00. The maximum Gasteiger partial charge on any atom is 0.0366 e. The van der Waals surface area contributed by atoms with Gasteiger partial charge in [0.15, 0.2) is 0 Å². The smallest absolute Gasteiger partial charge is 0.0366 e. The predicted octanol–water partition coefficient (Wildman–Crippen LogP) is 2.56. The Bertz CT molecular complexity index is 176. The number of nitrogens with one attached hydrogen (secondary N) is 1. The van der Waals surface area contributed by atoms with Gasteiger partial charge in [0.2, 0.25) is 0 Å². The highest BCUT2D eigenvalue weighted by Crippen LogP contribution is 2.47. The summed E-state index contributed by atoms with van der Waals surface area (Å²) in [5.41, 5.74) is 0.576. The lowest BCUT2D eigenvalue weighted by Crippen LogP contribution is -2.35. The Morgan fingerprint density at radius 2 is 2.00 bits per heavy atom. The summed E-state index contributed by atoms with van der Waals surface area (Å²) >= 11 is 0. The highest BCUT2D eigenvalue weighted by atomic mass is 15.2. The summed E-state index contributed by atoms with van der Waals surface area (Å²) in [5, 5.41) is 3.68. The minimum Gasteiger partial charge on any atom is -0.305 e. The summed E-state index contributed by atoms with van der Waals surface area (Å²) in [5.74, 6) is 1.81. The minimum atomic E-state index is 0.576. The molecule has 1 spiro atoms. The molecule has 0 aromatic heterocycles. The number of rotatable bonds is 1. The molecule has 1 heterocycles. The van der Waals surface area contributed by atoms with Crippen molar-refractivity contribution in [3.63, 3.8) is 0 Å². The molecule has 1 aliphatic heterocycles. The van der Waals surface area contributed by atoms with E-state index in [1.54, 1.807) is 0 Å². The molecule has 0 bridgehead atoms. The van der Waals surface area contributed by atoms with Gasteiger partial charge in [0.25, 0.3) is 0 Å². The molecule has 1 N–H and O–H groups in total. The Balaban J connectivity index is 2.09. The summed E-state index contributed by atoms with van der Waals surface area (Å²) in [7, 11) is 0. The van der Waals surface area contributed by atoms with Gasteiger partial charge in [0.05, 0.1) is 0 Å². The van der Waals surface area contributed by atoms with E-state index in [2.05, 4.69) is 26.1 Å². The van der Waals surface area contributed by atoms with Crippen molar-refractivity contribution < 1.29 is 0 Å². The van der Waals surface area contributed by atoms with Crippen LogP contribution >= 0.6 is 0 Å². The van der Waals surface area contributed by atoms with Crippen LogP contribution in [-0.2, 0) is 0 Å². The average Bonchev–Trinajstić information content (AvgIpc) is 2.62. The van der Waals surface area contributed by atoms with Crippen LogP contribution in [0.15, 0.2) is 0 Å². The molecule has 3 unspecified atom stereocenters. The van der Waals surface area contributed by atoms with E-state index < -0.39 is 0 Å². The monoisotopic (exact) mass is 167 g/mol. The van der Waals surface area contributed by atoms with Crippen molar-refractivity contribution in [1.29, 1.82) is 0 Å². The molecule has 0 aromatic rings. The Kier molecular flexibility index (Phi) is 1.95. The van der Waals surface area contributed by atoms with Gasteiger partial charge in [-0.05, 0) is 31.6 Å².